The first-order valence-corrected chi connectivity index (χ1v) is 11.4. The predicted molar refractivity (Wildman–Crippen MR) is 132 cm³/mol. The minimum absolute atomic E-state index is 0.160. The fourth-order valence-electron chi connectivity index (χ4n) is 3.94. The van der Waals surface area contributed by atoms with E-state index < -0.39 is 0 Å². The lowest BCUT2D eigenvalue weighted by molar-refractivity contribution is 0.414. The molecule has 1 unspecified atom stereocenters. The third kappa shape index (κ3) is 4.15. The van der Waals surface area contributed by atoms with Gasteiger partial charge >= 0.3 is 0 Å². The molecule has 3 aromatic carbocycles. The van der Waals surface area contributed by atoms with Gasteiger partial charge < -0.3 is 14.6 Å². The van der Waals surface area contributed by atoms with Gasteiger partial charge in [-0.3, -0.25) is 0 Å². The zero-order chi connectivity index (χ0) is 22.8. The van der Waals surface area contributed by atoms with Gasteiger partial charge in [0.2, 0.25) is 5.13 Å². The first-order chi connectivity index (χ1) is 16.2. The number of aromatic nitrogens is 1. The van der Waals surface area contributed by atoms with E-state index in [9.17, 15) is 5.11 Å². The summed E-state index contributed by atoms with van der Waals surface area (Å²) in [6, 6.07) is 23.0. The summed E-state index contributed by atoms with van der Waals surface area (Å²) in [6.07, 6.45) is 0.651. The number of rotatable bonds is 6. The maximum absolute atomic E-state index is 10.6. The predicted octanol–water partition coefficient (Wildman–Crippen LogP) is 5.89. The van der Waals surface area contributed by atoms with E-state index in [1.165, 1.54) is 11.3 Å². The number of para-hydroxylation sites is 1. The van der Waals surface area contributed by atoms with E-state index in [4.69, 9.17) is 19.6 Å². The van der Waals surface area contributed by atoms with Crippen LogP contribution in [0, 0.1) is 0 Å². The second kappa shape index (κ2) is 8.96. The first-order valence-electron chi connectivity index (χ1n) is 10.6. The number of anilines is 1. The van der Waals surface area contributed by atoms with Crippen LogP contribution in [0.25, 0.3) is 11.3 Å². The smallest absolute Gasteiger partial charge is 0.207 e. The molecule has 2 heterocycles. The molecule has 0 radical (unpaired) electrons. The largest absolute Gasteiger partial charge is 0.508 e. The van der Waals surface area contributed by atoms with Crippen molar-refractivity contribution in [2.24, 2.45) is 5.10 Å². The molecule has 1 aliphatic heterocycles. The molecule has 4 aromatic rings. The molecular weight excluding hydrogens is 434 g/mol. The molecule has 6 nitrogen and oxygen atoms in total. The Kier molecular flexibility index (Phi) is 5.71. The topological polar surface area (TPSA) is 67.2 Å². The van der Waals surface area contributed by atoms with Crippen LogP contribution in [0.2, 0.25) is 0 Å². The quantitative estimate of drug-likeness (QED) is 0.391. The summed E-state index contributed by atoms with van der Waals surface area (Å²) < 4.78 is 10.6. The highest BCUT2D eigenvalue weighted by Gasteiger charge is 2.33. The SMILES string of the molecule is COc1ccc(C2=NN(c3nc(-c4cccc(OC)c4)cs3)C(c3ccccc3O)C2)cc1. The van der Waals surface area contributed by atoms with E-state index in [1.807, 2.05) is 77.1 Å². The minimum Gasteiger partial charge on any atom is -0.508 e. The summed E-state index contributed by atoms with van der Waals surface area (Å²) in [5.41, 5.74) is 4.61. The second-order valence-electron chi connectivity index (χ2n) is 7.65. The number of hydrogen-bond acceptors (Lipinski definition) is 7. The van der Waals surface area contributed by atoms with Gasteiger partial charge in [-0.05, 0) is 48.0 Å². The van der Waals surface area contributed by atoms with E-state index in [2.05, 4.69) is 0 Å². The monoisotopic (exact) mass is 457 g/mol. The maximum atomic E-state index is 10.6. The van der Waals surface area contributed by atoms with Gasteiger partial charge in [-0.1, -0.05) is 30.3 Å². The summed E-state index contributed by atoms with van der Waals surface area (Å²) >= 11 is 1.53. The first kappa shape index (κ1) is 21.0. The van der Waals surface area contributed by atoms with Crippen molar-refractivity contribution < 1.29 is 14.6 Å². The molecule has 0 saturated carbocycles. The maximum Gasteiger partial charge on any atom is 0.207 e. The number of thiazole rings is 1. The fourth-order valence-corrected chi connectivity index (χ4v) is 4.77. The number of hydrazone groups is 1. The number of phenols is 1. The van der Waals surface area contributed by atoms with Gasteiger partial charge in [-0.15, -0.1) is 11.3 Å². The highest BCUT2D eigenvalue weighted by Crippen LogP contribution is 2.42. The van der Waals surface area contributed by atoms with Crippen LogP contribution in [0.4, 0.5) is 5.13 Å². The Morgan fingerprint density at radius 2 is 1.70 bits per heavy atom. The lowest BCUT2D eigenvalue weighted by Gasteiger charge is -2.21. The Morgan fingerprint density at radius 3 is 2.45 bits per heavy atom. The van der Waals surface area contributed by atoms with Crippen molar-refractivity contribution in [3.63, 3.8) is 0 Å². The van der Waals surface area contributed by atoms with Crippen LogP contribution >= 0.6 is 11.3 Å². The average Bonchev–Trinajstić information content (AvgIpc) is 3.52. The summed E-state index contributed by atoms with van der Waals surface area (Å²) in [4.78, 5) is 4.88. The zero-order valence-electron chi connectivity index (χ0n) is 18.3. The Bertz CT molecular complexity index is 1300. The van der Waals surface area contributed by atoms with Gasteiger partial charge in [-0.25, -0.2) is 9.99 Å². The third-order valence-electron chi connectivity index (χ3n) is 5.68. The van der Waals surface area contributed by atoms with Crippen LogP contribution in [0.1, 0.15) is 23.6 Å². The zero-order valence-corrected chi connectivity index (χ0v) is 19.1. The number of methoxy groups -OCH3 is 2. The molecule has 1 aliphatic rings. The van der Waals surface area contributed by atoms with Gasteiger partial charge in [0.1, 0.15) is 17.2 Å². The number of hydrogen-bond donors (Lipinski definition) is 1. The fraction of sp³-hybridized carbons (Fsp3) is 0.154. The molecule has 0 amide bonds. The minimum atomic E-state index is -0.160. The Labute approximate surface area is 196 Å². The lowest BCUT2D eigenvalue weighted by Crippen LogP contribution is -2.18. The molecule has 0 saturated heterocycles. The normalized spacial score (nSPS) is 15.4. The van der Waals surface area contributed by atoms with Gasteiger partial charge in [0, 0.05) is 22.9 Å². The molecular formula is C26H23N3O3S. The standard InChI is InChI=1S/C26H23N3O3S/c1-31-19-12-10-17(11-13-19)22-15-24(21-8-3-4-9-25(21)30)29(28-22)26-27-23(16-33-26)18-6-5-7-20(14-18)32-2/h3-14,16,24,30H,15H2,1-2H3. The van der Waals surface area contributed by atoms with E-state index >= 15 is 0 Å². The molecule has 0 bridgehead atoms. The average molecular weight is 458 g/mol. The highest BCUT2D eigenvalue weighted by atomic mass is 32.1. The van der Waals surface area contributed by atoms with Crippen molar-refractivity contribution in [1.29, 1.82) is 0 Å². The van der Waals surface area contributed by atoms with E-state index in [1.54, 1.807) is 20.3 Å². The second-order valence-corrected chi connectivity index (χ2v) is 8.48. The number of aromatic hydroxyl groups is 1. The third-order valence-corrected chi connectivity index (χ3v) is 6.51. The summed E-state index contributed by atoms with van der Waals surface area (Å²) in [7, 11) is 3.31. The highest BCUT2D eigenvalue weighted by molar-refractivity contribution is 7.14. The number of nitrogens with zero attached hydrogens (tertiary/aromatic N) is 3. The van der Waals surface area contributed by atoms with Gasteiger partial charge in [0.05, 0.1) is 31.7 Å². The van der Waals surface area contributed by atoms with Gasteiger partial charge in [-0.2, -0.15) is 5.10 Å². The summed E-state index contributed by atoms with van der Waals surface area (Å²) in [5.74, 6) is 1.84. The van der Waals surface area contributed by atoms with Crippen molar-refractivity contribution in [2.45, 2.75) is 12.5 Å². The van der Waals surface area contributed by atoms with Crippen molar-refractivity contribution in [1.82, 2.24) is 4.98 Å². The lowest BCUT2D eigenvalue weighted by atomic mass is 9.98. The van der Waals surface area contributed by atoms with Crippen LogP contribution in [0.5, 0.6) is 17.2 Å². The molecule has 166 valence electrons. The van der Waals surface area contributed by atoms with Crippen molar-refractivity contribution >= 4 is 22.2 Å². The van der Waals surface area contributed by atoms with Gasteiger partial charge in [0.15, 0.2) is 0 Å². The number of ether oxygens (including phenoxy) is 2. The van der Waals surface area contributed by atoms with Crippen LogP contribution < -0.4 is 14.5 Å². The Balaban J connectivity index is 1.53. The number of benzene rings is 3. The van der Waals surface area contributed by atoms with Crippen LogP contribution in [-0.4, -0.2) is 30.0 Å². The number of phenolic OH excluding ortho intramolecular Hbond substituents is 1. The molecule has 0 fully saturated rings. The molecule has 1 aromatic heterocycles. The molecule has 7 heteroatoms. The van der Waals surface area contributed by atoms with Crippen molar-refractivity contribution in [2.75, 3.05) is 19.2 Å². The molecule has 0 aliphatic carbocycles. The van der Waals surface area contributed by atoms with Gasteiger partial charge in [0.25, 0.3) is 0 Å². The van der Waals surface area contributed by atoms with Crippen molar-refractivity contribution in [3.8, 4) is 28.5 Å². The molecule has 1 N–H and O–H groups in total. The molecule has 1 atom stereocenters. The van der Waals surface area contributed by atoms with Crippen LogP contribution in [-0.2, 0) is 0 Å². The Hall–Kier alpha value is -3.84. The summed E-state index contributed by atoms with van der Waals surface area (Å²) in [6.45, 7) is 0. The molecule has 33 heavy (non-hydrogen) atoms. The Morgan fingerprint density at radius 1 is 0.909 bits per heavy atom. The van der Waals surface area contributed by atoms with E-state index in [0.29, 0.717) is 6.42 Å². The summed E-state index contributed by atoms with van der Waals surface area (Å²) in [5, 5.41) is 20.2. The van der Waals surface area contributed by atoms with Crippen LogP contribution in [0.3, 0.4) is 0 Å². The van der Waals surface area contributed by atoms with E-state index in [-0.39, 0.29) is 11.8 Å². The molecule has 0 spiro atoms. The van der Waals surface area contributed by atoms with Crippen LogP contribution in [0.15, 0.2) is 83.3 Å². The molecule has 5 rings (SSSR count). The van der Waals surface area contributed by atoms with Crippen molar-refractivity contribution in [3.05, 3.63) is 89.3 Å². The van der Waals surface area contributed by atoms with E-state index in [0.717, 1.165) is 44.7 Å².